The molecule has 1 atom stereocenters. The molecule has 5 heteroatoms. The summed E-state index contributed by atoms with van der Waals surface area (Å²) >= 11 is 0. The van der Waals surface area contributed by atoms with Crippen molar-refractivity contribution in [1.29, 1.82) is 0 Å². The van der Waals surface area contributed by atoms with E-state index in [9.17, 15) is 4.79 Å². The first-order valence-corrected chi connectivity index (χ1v) is 10.4. The SMILES string of the molecule is Cc1nn(-c2ccccc2)c2nc(C3CC3)cc(C(=O)N[C@H](C)c3ccccc3)c12. The number of nitrogens with one attached hydrogen (secondary N) is 1. The molecule has 0 spiro atoms. The Balaban J connectivity index is 1.60. The van der Waals surface area contributed by atoms with E-state index in [0.29, 0.717) is 11.5 Å². The van der Waals surface area contributed by atoms with Crippen molar-refractivity contribution < 1.29 is 4.79 Å². The Bertz CT molecular complexity index is 1210. The fourth-order valence-electron chi connectivity index (χ4n) is 3.92. The summed E-state index contributed by atoms with van der Waals surface area (Å²) in [6.07, 6.45) is 2.25. The lowest BCUT2D eigenvalue weighted by Gasteiger charge is -2.15. The number of benzene rings is 2. The number of amides is 1. The summed E-state index contributed by atoms with van der Waals surface area (Å²) in [4.78, 5) is 18.3. The third kappa shape index (κ3) is 3.36. The molecule has 1 saturated carbocycles. The predicted octanol–water partition coefficient (Wildman–Crippen LogP) is 5.10. The van der Waals surface area contributed by atoms with Crippen molar-refractivity contribution in [3.8, 4) is 5.69 Å². The summed E-state index contributed by atoms with van der Waals surface area (Å²) in [6, 6.07) is 21.9. The van der Waals surface area contributed by atoms with Gasteiger partial charge in [-0.1, -0.05) is 48.5 Å². The molecule has 5 nitrogen and oxygen atoms in total. The Hall–Kier alpha value is -3.47. The van der Waals surface area contributed by atoms with E-state index in [1.54, 1.807) is 0 Å². The summed E-state index contributed by atoms with van der Waals surface area (Å²) in [6.45, 7) is 3.95. The predicted molar refractivity (Wildman–Crippen MR) is 118 cm³/mol. The zero-order chi connectivity index (χ0) is 20.7. The highest BCUT2D eigenvalue weighted by Gasteiger charge is 2.29. The third-order valence-electron chi connectivity index (χ3n) is 5.72. The summed E-state index contributed by atoms with van der Waals surface area (Å²) in [5, 5.41) is 8.72. The number of rotatable bonds is 5. The third-order valence-corrected chi connectivity index (χ3v) is 5.72. The molecule has 1 aliphatic carbocycles. The topological polar surface area (TPSA) is 59.8 Å². The lowest BCUT2D eigenvalue weighted by molar-refractivity contribution is 0.0941. The van der Waals surface area contributed by atoms with Gasteiger partial charge in [-0.3, -0.25) is 4.79 Å². The highest BCUT2D eigenvalue weighted by Crippen LogP contribution is 2.40. The van der Waals surface area contributed by atoms with E-state index in [-0.39, 0.29) is 11.9 Å². The van der Waals surface area contributed by atoms with Crippen LogP contribution >= 0.6 is 0 Å². The van der Waals surface area contributed by atoms with E-state index >= 15 is 0 Å². The van der Waals surface area contributed by atoms with E-state index in [2.05, 4.69) is 5.32 Å². The van der Waals surface area contributed by atoms with Gasteiger partial charge in [-0.2, -0.15) is 5.10 Å². The minimum Gasteiger partial charge on any atom is -0.345 e. The molecule has 0 bridgehead atoms. The van der Waals surface area contributed by atoms with Crippen molar-refractivity contribution >= 4 is 16.9 Å². The summed E-state index contributed by atoms with van der Waals surface area (Å²) in [5.41, 5.74) is 5.22. The number of aromatic nitrogens is 3. The second-order valence-corrected chi connectivity index (χ2v) is 8.01. The number of fused-ring (bicyclic) bond motifs is 1. The van der Waals surface area contributed by atoms with Gasteiger partial charge in [0.15, 0.2) is 5.65 Å². The normalized spacial score (nSPS) is 14.6. The first kappa shape index (κ1) is 18.6. The lowest BCUT2D eigenvalue weighted by atomic mass is 10.0. The molecule has 0 unspecified atom stereocenters. The van der Waals surface area contributed by atoms with Gasteiger partial charge in [-0.15, -0.1) is 0 Å². The Morgan fingerprint density at radius 3 is 2.40 bits per heavy atom. The number of carbonyl (C=O) groups is 1. The molecule has 0 aliphatic heterocycles. The van der Waals surface area contributed by atoms with Crippen LogP contribution in [0.4, 0.5) is 0 Å². The molecule has 5 rings (SSSR count). The zero-order valence-corrected chi connectivity index (χ0v) is 17.2. The molecule has 1 fully saturated rings. The summed E-state index contributed by atoms with van der Waals surface area (Å²) in [5.74, 6) is 0.350. The number of aryl methyl sites for hydroxylation is 1. The van der Waals surface area contributed by atoms with Crippen LogP contribution in [0.15, 0.2) is 66.7 Å². The number of hydrogen-bond donors (Lipinski definition) is 1. The maximum Gasteiger partial charge on any atom is 0.252 e. The van der Waals surface area contributed by atoms with Gasteiger partial charge in [0.2, 0.25) is 0 Å². The monoisotopic (exact) mass is 396 g/mol. The molecule has 30 heavy (non-hydrogen) atoms. The minimum absolute atomic E-state index is 0.0867. The number of hydrogen-bond acceptors (Lipinski definition) is 3. The van der Waals surface area contributed by atoms with Crippen molar-refractivity contribution in [3.05, 3.63) is 89.2 Å². The Labute approximate surface area is 175 Å². The van der Waals surface area contributed by atoms with Gasteiger partial charge in [-0.05, 0) is 50.5 Å². The van der Waals surface area contributed by atoms with Gasteiger partial charge in [0, 0.05) is 11.6 Å². The van der Waals surface area contributed by atoms with Crippen molar-refractivity contribution in [1.82, 2.24) is 20.1 Å². The molecule has 150 valence electrons. The maximum absolute atomic E-state index is 13.4. The second-order valence-electron chi connectivity index (χ2n) is 8.01. The Morgan fingerprint density at radius 2 is 1.73 bits per heavy atom. The Morgan fingerprint density at radius 1 is 1.07 bits per heavy atom. The molecule has 1 amide bonds. The van der Waals surface area contributed by atoms with Crippen LogP contribution in [0.2, 0.25) is 0 Å². The van der Waals surface area contributed by atoms with Crippen LogP contribution in [0, 0.1) is 6.92 Å². The maximum atomic E-state index is 13.4. The van der Waals surface area contributed by atoms with Gasteiger partial charge in [-0.25, -0.2) is 9.67 Å². The van der Waals surface area contributed by atoms with Crippen LogP contribution in [-0.2, 0) is 0 Å². The van der Waals surface area contributed by atoms with E-state index in [1.807, 2.05) is 85.3 Å². The fourth-order valence-corrected chi connectivity index (χ4v) is 3.92. The largest absolute Gasteiger partial charge is 0.345 e. The van der Waals surface area contributed by atoms with Crippen molar-refractivity contribution in [3.63, 3.8) is 0 Å². The van der Waals surface area contributed by atoms with Crippen molar-refractivity contribution in [2.24, 2.45) is 0 Å². The van der Waals surface area contributed by atoms with E-state index in [1.165, 1.54) is 0 Å². The van der Waals surface area contributed by atoms with Crippen molar-refractivity contribution in [2.75, 3.05) is 0 Å². The second kappa shape index (κ2) is 7.41. The molecule has 2 aromatic heterocycles. The minimum atomic E-state index is -0.0873. The zero-order valence-electron chi connectivity index (χ0n) is 17.2. The van der Waals surface area contributed by atoms with Crippen LogP contribution < -0.4 is 5.32 Å². The number of para-hydroxylation sites is 1. The molecule has 1 aliphatic rings. The van der Waals surface area contributed by atoms with Gasteiger partial charge >= 0.3 is 0 Å². The number of nitrogens with zero attached hydrogens (tertiary/aromatic N) is 3. The van der Waals surface area contributed by atoms with Crippen LogP contribution in [0.3, 0.4) is 0 Å². The average Bonchev–Trinajstić information content (AvgIpc) is 3.58. The van der Waals surface area contributed by atoms with Gasteiger partial charge in [0.05, 0.1) is 28.4 Å². The Kier molecular flexibility index (Phi) is 4.58. The van der Waals surface area contributed by atoms with E-state index in [0.717, 1.165) is 46.5 Å². The molecular weight excluding hydrogens is 372 g/mol. The van der Waals surface area contributed by atoms with E-state index in [4.69, 9.17) is 10.1 Å². The standard InChI is InChI=1S/C25H24N4O/c1-16(18-9-5-3-6-10-18)26-25(30)21-15-22(19-13-14-19)27-24-23(21)17(2)28-29(24)20-11-7-4-8-12-20/h3-12,15-16,19H,13-14H2,1-2H3,(H,26,30)/t16-/m1/s1. The first-order chi connectivity index (χ1) is 14.6. The van der Waals surface area contributed by atoms with Gasteiger partial charge in [0.1, 0.15) is 0 Å². The van der Waals surface area contributed by atoms with Crippen LogP contribution in [0.1, 0.15) is 59.0 Å². The van der Waals surface area contributed by atoms with Gasteiger partial charge < -0.3 is 5.32 Å². The smallest absolute Gasteiger partial charge is 0.252 e. The number of carbonyl (C=O) groups excluding carboxylic acids is 1. The summed E-state index contributed by atoms with van der Waals surface area (Å²) in [7, 11) is 0. The molecular formula is C25H24N4O. The molecule has 1 N–H and O–H groups in total. The highest BCUT2D eigenvalue weighted by atomic mass is 16.1. The molecule has 0 saturated heterocycles. The fraction of sp³-hybridized carbons (Fsp3) is 0.240. The number of pyridine rings is 1. The molecule has 2 heterocycles. The average molecular weight is 396 g/mol. The first-order valence-electron chi connectivity index (χ1n) is 10.4. The quantitative estimate of drug-likeness (QED) is 0.511. The van der Waals surface area contributed by atoms with Crippen molar-refractivity contribution in [2.45, 2.75) is 38.6 Å². The van der Waals surface area contributed by atoms with E-state index < -0.39 is 0 Å². The summed E-state index contributed by atoms with van der Waals surface area (Å²) < 4.78 is 1.86. The van der Waals surface area contributed by atoms with Crippen LogP contribution in [-0.4, -0.2) is 20.7 Å². The van der Waals surface area contributed by atoms with Gasteiger partial charge in [0.25, 0.3) is 5.91 Å². The van der Waals surface area contributed by atoms with Crippen LogP contribution in [0.25, 0.3) is 16.7 Å². The lowest BCUT2D eigenvalue weighted by Crippen LogP contribution is -2.27. The molecule has 0 radical (unpaired) electrons. The highest BCUT2D eigenvalue weighted by molar-refractivity contribution is 6.07. The molecule has 2 aromatic carbocycles. The van der Waals surface area contributed by atoms with Crippen LogP contribution in [0.5, 0.6) is 0 Å². The molecule has 4 aromatic rings.